The standard InChI is InChI=1S/C19H21N3OS/c1-11(23)14-8-6-13(7-9-14)10-20-18-17-15-4-3-5-16(15)24-19(17)22-12(2)21-18/h6-9,11,23H,3-5,10H2,1-2H3,(H,20,21,22)/t11-/m0/s1. The Labute approximate surface area is 145 Å². The average Bonchev–Trinajstić information content (AvgIpc) is 3.13. The predicted molar refractivity (Wildman–Crippen MR) is 98.6 cm³/mol. The van der Waals surface area contributed by atoms with Gasteiger partial charge in [0.2, 0.25) is 0 Å². The van der Waals surface area contributed by atoms with Crippen LogP contribution in [0.5, 0.6) is 0 Å². The number of aliphatic hydroxyl groups is 1. The van der Waals surface area contributed by atoms with Gasteiger partial charge in [0.1, 0.15) is 16.5 Å². The Hall–Kier alpha value is -1.98. The first kappa shape index (κ1) is 15.5. The number of thiophene rings is 1. The molecule has 4 rings (SSSR count). The third-order valence-electron chi connectivity index (χ3n) is 4.60. The Balaban J connectivity index is 1.62. The molecule has 0 amide bonds. The lowest BCUT2D eigenvalue weighted by atomic mass is 10.1. The van der Waals surface area contributed by atoms with Crippen LogP contribution in [-0.2, 0) is 19.4 Å². The number of aryl methyl sites for hydroxylation is 3. The zero-order chi connectivity index (χ0) is 16.7. The van der Waals surface area contributed by atoms with Crippen LogP contribution in [0.1, 0.15) is 46.8 Å². The number of fused-ring (bicyclic) bond motifs is 3. The number of aromatic nitrogens is 2. The third kappa shape index (κ3) is 2.78. The monoisotopic (exact) mass is 339 g/mol. The first-order valence-electron chi connectivity index (χ1n) is 8.41. The van der Waals surface area contributed by atoms with E-state index in [-0.39, 0.29) is 0 Å². The fraction of sp³-hybridized carbons (Fsp3) is 0.368. The van der Waals surface area contributed by atoms with Crippen molar-refractivity contribution in [1.82, 2.24) is 9.97 Å². The van der Waals surface area contributed by atoms with Gasteiger partial charge in [0.05, 0.1) is 11.5 Å². The summed E-state index contributed by atoms with van der Waals surface area (Å²) in [5.41, 5.74) is 3.56. The molecule has 0 saturated heterocycles. The molecule has 0 saturated carbocycles. The molecule has 0 fully saturated rings. The molecule has 2 heterocycles. The van der Waals surface area contributed by atoms with Gasteiger partial charge in [-0.2, -0.15) is 0 Å². The highest BCUT2D eigenvalue weighted by Gasteiger charge is 2.21. The fourth-order valence-electron chi connectivity index (χ4n) is 3.33. The lowest BCUT2D eigenvalue weighted by molar-refractivity contribution is 0.199. The smallest absolute Gasteiger partial charge is 0.139 e. The van der Waals surface area contributed by atoms with E-state index < -0.39 is 6.10 Å². The Morgan fingerprint density at radius 1 is 1.21 bits per heavy atom. The molecular weight excluding hydrogens is 318 g/mol. The topological polar surface area (TPSA) is 58.0 Å². The summed E-state index contributed by atoms with van der Waals surface area (Å²) in [5, 5.41) is 14.3. The van der Waals surface area contributed by atoms with Crippen LogP contribution in [0.4, 0.5) is 5.82 Å². The van der Waals surface area contributed by atoms with Crippen molar-refractivity contribution < 1.29 is 5.11 Å². The molecule has 124 valence electrons. The van der Waals surface area contributed by atoms with Crippen molar-refractivity contribution in [2.75, 3.05) is 5.32 Å². The van der Waals surface area contributed by atoms with Gasteiger partial charge in [-0.1, -0.05) is 24.3 Å². The van der Waals surface area contributed by atoms with Gasteiger partial charge in [0.15, 0.2) is 0 Å². The molecule has 3 aromatic rings. The minimum atomic E-state index is -0.426. The molecule has 1 atom stereocenters. The van der Waals surface area contributed by atoms with Gasteiger partial charge >= 0.3 is 0 Å². The molecule has 1 aliphatic rings. The molecule has 0 aliphatic heterocycles. The SMILES string of the molecule is Cc1nc(NCc2ccc([C@H](C)O)cc2)c2c3c(sc2n1)CCC3. The van der Waals surface area contributed by atoms with Crippen LogP contribution in [0.3, 0.4) is 0 Å². The van der Waals surface area contributed by atoms with Crippen molar-refractivity contribution in [2.24, 2.45) is 0 Å². The maximum absolute atomic E-state index is 9.61. The van der Waals surface area contributed by atoms with Crippen molar-refractivity contribution in [2.45, 2.75) is 45.8 Å². The minimum Gasteiger partial charge on any atom is -0.389 e. The van der Waals surface area contributed by atoms with E-state index >= 15 is 0 Å². The van der Waals surface area contributed by atoms with Crippen molar-refractivity contribution >= 4 is 27.4 Å². The molecule has 5 heteroatoms. The van der Waals surface area contributed by atoms with Crippen LogP contribution < -0.4 is 5.32 Å². The number of nitrogens with one attached hydrogen (secondary N) is 1. The van der Waals surface area contributed by atoms with Crippen molar-refractivity contribution in [3.8, 4) is 0 Å². The van der Waals surface area contributed by atoms with Crippen LogP contribution in [0.25, 0.3) is 10.2 Å². The Morgan fingerprint density at radius 3 is 2.75 bits per heavy atom. The van der Waals surface area contributed by atoms with Gasteiger partial charge in [-0.15, -0.1) is 11.3 Å². The number of hydrogen-bond acceptors (Lipinski definition) is 5. The summed E-state index contributed by atoms with van der Waals surface area (Å²) >= 11 is 1.82. The highest BCUT2D eigenvalue weighted by Crippen LogP contribution is 2.39. The molecule has 2 N–H and O–H groups in total. The summed E-state index contributed by atoms with van der Waals surface area (Å²) in [6, 6.07) is 8.06. The quantitative estimate of drug-likeness (QED) is 0.749. The van der Waals surface area contributed by atoms with Gasteiger partial charge in [0, 0.05) is 11.4 Å². The second-order valence-electron chi connectivity index (χ2n) is 6.43. The first-order chi connectivity index (χ1) is 11.6. The molecule has 24 heavy (non-hydrogen) atoms. The lowest BCUT2D eigenvalue weighted by Crippen LogP contribution is -2.04. The second-order valence-corrected chi connectivity index (χ2v) is 7.51. The summed E-state index contributed by atoms with van der Waals surface area (Å²) in [4.78, 5) is 11.9. The maximum Gasteiger partial charge on any atom is 0.139 e. The summed E-state index contributed by atoms with van der Waals surface area (Å²) in [7, 11) is 0. The predicted octanol–water partition coefficient (Wildman–Crippen LogP) is 4.15. The molecule has 4 nitrogen and oxygen atoms in total. The van der Waals surface area contributed by atoms with E-state index in [1.54, 1.807) is 6.92 Å². The van der Waals surface area contributed by atoms with Crippen molar-refractivity contribution in [3.63, 3.8) is 0 Å². The Bertz CT molecular complexity index is 884. The normalized spacial score (nSPS) is 14.8. The Morgan fingerprint density at radius 2 is 2.00 bits per heavy atom. The Kier molecular flexibility index (Phi) is 3.98. The summed E-state index contributed by atoms with van der Waals surface area (Å²) in [6.45, 7) is 4.45. The molecule has 0 spiro atoms. The van der Waals surface area contributed by atoms with Gasteiger partial charge in [-0.3, -0.25) is 0 Å². The zero-order valence-corrected chi connectivity index (χ0v) is 14.8. The molecule has 0 unspecified atom stereocenters. The summed E-state index contributed by atoms with van der Waals surface area (Å²) in [5.74, 6) is 1.77. The van der Waals surface area contributed by atoms with Gasteiger partial charge in [-0.25, -0.2) is 9.97 Å². The maximum atomic E-state index is 9.61. The number of nitrogens with zero attached hydrogens (tertiary/aromatic N) is 2. The number of hydrogen-bond donors (Lipinski definition) is 2. The molecule has 1 aliphatic carbocycles. The largest absolute Gasteiger partial charge is 0.389 e. The van der Waals surface area contributed by atoms with E-state index in [0.29, 0.717) is 0 Å². The fourth-order valence-corrected chi connectivity index (χ4v) is 4.64. The summed E-state index contributed by atoms with van der Waals surface area (Å²) < 4.78 is 0. The van der Waals surface area contributed by atoms with Gasteiger partial charge in [-0.05, 0) is 49.8 Å². The number of aliphatic hydroxyl groups excluding tert-OH is 1. The van der Waals surface area contributed by atoms with Crippen LogP contribution in [0.2, 0.25) is 0 Å². The first-order valence-corrected chi connectivity index (χ1v) is 9.23. The third-order valence-corrected chi connectivity index (χ3v) is 5.78. The van der Waals surface area contributed by atoms with E-state index in [9.17, 15) is 5.11 Å². The molecule has 0 bridgehead atoms. The van der Waals surface area contributed by atoms with E-state index in [1.807, 2.05) is 30.4 Å². The number of anilines is 1. The van der Waals surface area contributed by atoms with Crippen LogP contribution >= 0.6 is 11.3 Å². The van der Waals surface area contributed by atoms with E-state index in [1.165, 1.54) is 34.2 Å². The lowest BCUT2D eigenvalue weighted by Gasteiger charge is -2.10. The number of rotatable bonds is 4. The van der Waals surface area contributed by atoms with E-state index in [4.69, 9.17) is 0 Å². The van der Waals surface area contributed by atoms with Gasteiger partial charge in [0.25, 0.3) is 0 Å². The summed E-state index contributed by atoms with van der Waals surface area (Å²) in [6.07, 6.45) is 3.13. The zero-order valence-electron chi connectivity index (χ0n) is 14.0. The second kappa shape index (κ2) is 6.15. The van der Waals surface area contributed by atoms with Crippen LogP contribution in [0.15, 0.2) is 24.3 Å². The molecule has 1 aromatic carbocycles. The number of benzene rings is 1. The highest BCUT2D eigenvalue weighted by atomic mass is 32.1. The van der Waals surface area contributed by atoms with Crippen LogP contribution in [0, 0.1) is 6.92 Å². The van der Waals surface area contributed by atoms with Crippen molar-refractivity contribution in [1.29, 1.82) is 0 Å². The highest BCUT2D eigenvalue weighted by molar-refractivity contribution is 7.19. The van der Waals surface area contributed by atoms with E-state index in [2.05, 4.69) is 27.4 Å². The average molecular weight is 339 g/mol. The molecule has 2 aromatic heterocycles. The minimum absolute atomic E-state index is 0.426. The van der Waals surface area contributed by atoms with Crippen LogP contribution in [-0.4, -0.2) is 15.1 Å². The van der Waals surface area contributed by atoms with Crippen molar-refractivity contribution in [3.05, 3.63) is 51.7 Å². The van der Waals surface area contributed by atoms with Gasteiger partial charge < -0.3 is 10.4 Å². The molecule has 0 radical (unpaired) electrons. The molecular formula is C19H21N3OS. The van der Waals surface area contributed by atoms with E-state index in [0.717, 1.165) is 35.0 Å².